The first-order valence-corrected chi connectivity index (χ1v) is 10.3. The van der Waals surface area contributed by atoms with Crippen LogP contribution in [0.25, 0.3) is 33.7 Å². The zero-order valence-electron chi connectivity index (χ0n) is 18.1. The number of nitrogens with one attached hydrogen (secondary N) is 1. The lowest BCUT2D eigenvalue weighted by Gasteiger charge is -2.14. The number of imidazole rings is 1. The maximum atomic E-state index is 14.1. The van der Waals surface area contributed by atoms with Gasteiger partial charge in [0, 0.05) is 11.6 Å². The van der Waals surface area contributed by atoms with Gasteiger partial charge in [-0.25, -0.2) is 13.8 Å². The lowest BCUT2D eigenvalue weighted by Crippen LogP contribution is -2.37. The monoisotopic (exact) mass is 526 g/mol. The van der Waals surface area contributed by atoms with Crippen LogP contribution < -0.4 is 4.68 Å². The second kappa shape index (κ2) is 8.64. The van der Waals surface area contributed by atoms with Gasteiger partial charge in [0.25, 0.3) is 0 Å². The van der Waals surface area contributed by atoms with Crippen molar-refractivity contribution in [1.82, 2.24) is 20.2 Å². The number of benzene rings is 2. The average molecular weight is 526 g/mol. The molecule has 37 heavy (non-hydrogen) atoms. The number of aromatic nitrogens is 5. The van der Waals surface area contributed by atoms with E-state index in [9.17, 15) is 35.1 Å². The molecule has 3 aromatic heterocycles. The van der Waals surface area contributed by atoms with E-state index < -0.39 is 40.7 Å². The molecule has 0 atom stereocenters. The molecule has 0 unspecified atom stereocenters. The van der Waals surface area contributed by atoms with Crippen molar-refractivity contribution in [2.75, 3.05) is 0 Å². The summed E-state index contributed by atoms with van der Waals surface area (Å²) in [6, 6.07) is 5.27. The van der Waals surface area contributed by atoms with Gasteiger partial charge in [0.05, 0.1) is 16.7 Å². The summed E-state index contributed by atoms with van der Waals surface area (Å²) in [6.07, 6.45) is -7.26. The standard InChI is InChI=1S/C23H11F8N5O/c24-12-2-4-17(25)15(6-12)21-33-19-8-32-36(10-20(19)34-21)9-13-7-18(35-37-13)14-3-1-11(22(26,27)28)5-16(14)23(29,30)31/h1-8,10H,9H2/p+1. The molecule has 14 heteroatoms. The van der Waals surface area contributed by atoms with Gasteiger partial charge in [0.1, 0.15) is 40.4 Å². The van der Waals surface area contributed by atoms with Gasteiger partial charge < -0.3 is 9.51 Å². The summed E-state index contributed by atoms with van der Waals surface area (Å²) in [4.78, 5) is 7.01. The van der Waals surface area contributed by atoms with Gasteiger partial charge in [-0.2, -0.15) is 26.3 Å². The van der Waals surface area contributed by atoms with Gasteiger partial charge in [0.2, 0.25) is 18.5 Å². The highest BCUT2D eigenvalue weighted by molar-refractivity contribution is 5.77. The minimum absolute atomic E-state index is 0.0190. The molecule has 0 fully saturated rings. The fourth-order valence-electron chi connectivity index (χ4n) is 3.65. The molecule has 0 aliphatic heterocycles. The maximum absolute atomic E-state index is 14.1. The van der Waals surface area contributed by atoms with Crippen LogP contribution in [0.1, 0.15) is 16.9 Å². The summed E-state index contributed by atoms with van der Waals surface area (Å²) in [5.74, 6) is -1.25. The first kappa shape index (κ1) is 24.3. The van der Waals surface area contributed by atoms with Gasteiger partial charge in [-0.15, -0.1) is 0 Å². The first-order valence-electron chi connectivity index (χ1n) is 10.3. The van der Waals surface area contributed by atoms with Crippen molar-refractivity contribution < 1.29 is 44.3 Å². The van der Waals surface area contributed by atoms with Crippen LogP contribution in [0.4, 0.5) is 35.1 Å². The zero-order valence-corrected chi connectivity index (χ0v) is 18.1. The number of hydrogen-bond acceptors (Lipinski definition) is 4. The van der Waals surface area contributed by atoms with Crippen molar-refractivity contribution in [2.45, 2.75) is 18.9 Å². The number of rotatable bonds is 4. The number of halogens is 8. The highest BCUT2D eigenvalue weighted by Crippen LogP contribution is 2.40. The van der Waals surface area contributed by atoms with Crippen molar-refractivity contribution in [2.24, 2.45) is 0 Å². The van der Waals surface area contributed by atoms with Crippen LogP contribution >= 0.6 is 0 Å². The summed E-state index contributed by atoms with van der Waals surface area (Å²) in [5, 5.41) is 7.68. The molecule has 5 aromatic rings. The Kier molecular flexibility index (Phi) is 5.68. The molecule has 0 saturated carbocycles. The third-order valence-corrected chi connectivity index (χ3v) is 5.36. The number of fused-ring (bicyclic) bond motifs is 1. The molecule has 0 aliphatic carbocycles. The van der Waals surface area contributed by atoms with Crippen LogP contribution in [-0.4, -0.2) is 20.2 Å². The van der Waals surface area contributed by atoms with Crippen molar-refractivity contribution in [3.05, 3.63) is 83.4 Å². The van der Waals surface area contributed by atoms with Crippen LogP contribution in [0.2, 0.25) is 0 Å². The number of hydrogen-bond donors (Lipinski definition) is 1. The van der Waals surface area contributed by atoms with Crippen molar-refractivity contribution >= 4 is 11.0 Å². The minimum Gasteiger partial charge on any atom is -0.354 e. The third kappa shape index (κ3) is 4.86. The van der Waals surface area contributed by atoms with E-state index in [1.165, 1.54) is 17.1 Å². The maximum Gasteiger partial charge on any atom is 0.417 e. The molecular formula is C23H12F8N5O+. The Morgan fingerprint density at radius 2 is 1.68 bits per heavy atom. The topological polar surface area (TPSA) is 71.5 Å². The molecule has 0 aliphatic rings. The molecule has 6 nitrogen and oxygen atoms in total. The second-order valence-electron chi connectivity index (χ2n) is 7.91. The molecule has 0 saturated heterocycles. The molecule has 0 spiro atoms. The zero-order chi connectivity index (χ0) is 26.5. The van der Waals surface area contributed by atoms with Crippen LogP contribution in [0, 0.1) is 11.6 Å². The van der Waals surface area contributed by atoms with E-state index >= 15 is 0 Å². The second-order valence-corrected chi connectivity index (χ2v) is 7.91. The predicted octanol–water partition coefficient (Wildman–Crippen LogP) is 5.93. The normalized spacial score (nSPS) is 12.4. The van der Waals surface area contributed by atoms with Crippen LogP contribution in [0.3, 0.4) is 0 Å². The molecule has 3 heterocycles. The van der Waals surface area contributed by atoms with Crippen molar-refractivity contribution in [3.63, 3.8) is 0 Å². The Balaban J connectivity index is 1.44. The van der Waals surface area contributed by atoms with Gasteiger partial charge in [0.15, 0.2) is 0 Å². The Hall–Kier alpha value is -4.36. The highest BCUT2D eigenvalue weighted by atomic mass is 19.4. The summed E-state index contributed by atoms with van der Waals surface area (Å²) < 4.78 is 113. The number of aromatic amines is 1. The first-order chi connectivity index (χ1) is 17.4. The molecule has 0 bridgehead atoms. The third-order valence-electron chi connectivity index (χ3n) is 5.36. The van der Waals surface area contributed by atoms with E-state index in [-0.39, 0.29) is 35.5 Å². The fourth-order valence-corrected chi connectivity index (χ4v) is 3.65. The summed E-state index contributed by atoms with van der Waals surface area (Å²) >= 11 is 0. The van der Waals surface area contributed by atoms with Gasteiger partial charge in [-0.3, -0.25) is 0 Å². The summed E-state index contributed by atoms with van der Waals surface area (Å²) in [7, 11) is 0. The molecule has 2 aromatic carbocycles. The van der Waals surface area contributed by atoms with E-state index in [0.717, 1.165) is 24.3 Å². The van der Waals surface area contributed by atoms with Crippen molar-refractivity contribution in [3.8, 4) is 22.6 Å². The summed E-state index contributed by atoms with van der Waals surface area (Å²) in [6.45, 7) is -0.117. The Morgan fingerprint density at radius 3 is 2.41 bits per heavy atom. The Morgan fingerprint density at radius 1 is 0.892 bits per heavy atom. The smallest absolute Gasteiger partial charge is 0.354 e. The quantitative estimate of drug-likeness (QED) is 0.233. The van der Waals surface area contributed by atoms with E-state index in [1.54, 1.807) is 0 Å². The fraction of sp³-hybridized carbons (Fsp3) is 0.130. The number of H-pyrrole nitrogens is 1. The molecule has 0 amide bonds. The van der Waals surface area contributed by atoms with Gasteiger partial charge in [-0.05, 0) is 35.4 Å². The van der Waals surface area contributed by atoms with Crippen LogP contribution in [0.5, 0.6) is 0 Å². The van der Waals surface area contributed by atoms with Crippen LogP contribution in [0.15, 0.2) is 59.4 Å². The Bertz CT molecular complexity index is 1620. The SMILES string of the molecule is Fc1ccc(F)c(-c2nc3cn[n+](Cc4cc(-c5ccc(C(F)(F)F)cc5C(F)(F)F)no4)cc3[nH]2)c1. The minimum atomic E-state index is -5.07. The predicted molar refractivity (Wildman–Crippen MR) is 110 cm³/mol. The van der Waals surface area contributed by atoms with Gasteiger partial charge in [-0.1, -0.05) is 15.9 Å². The van der Waals surface area contributed by atoms with Gasteiger partial charge >= 0.3 is 12.4 Å². The average Bonchev–Trinajstić information content (AvgIpc) is 3.46. The highest BCUT2D eigenvalue weighted by Gasteiger charge is 2.39. The van der Waals surface area contributed by atoms with E-state index in [0.29, 0.717) is 23.2 Å². The lowest BCUT2D eigenvalue weighted by molar-refractivity contribution is -0.746. The van der Waals surface area contributed by atoms with E-state index in [1.807, 2.05) is 0 Å². The lowest BCUT2D eigenvalue weighted by atomic mass is 10.0. The number of nitrogens with zero attached hydrogens (tertiary/aromatic N) is 4. The molecular weight excluding hydrogens is 514 g/mol. The summed E-state index contributed by atoms with van der Waals surface area (Å²) in [5.41, 5.74) is -3.24. The van der Waals surface area contributed by atoms with E-state index in [2.05, 4.69) is 20.2 Å². The van der Waals surface area contributed by atoms with E-state index in [4.69, 9.17) is 4.52 Å². The molecule has 1 N–H and O–H groups in total. The largest absolute Gasteiger partial charge is 0.417 e. The molecule has 5 rings (SSSR count). The molecule has 0 radical (unpaired) electrons. The van der Waals surface area contributed by atoms with Crippen molar-refractivity contribution in [1.29, 1.82) is 0 Å². The molecule has 190 valence electrons. The Labute approximate surface area is 201 Å². The van der Waals surface area contributed by atoms with Crippen LogP contribution in [-0.2, 0) is 18.9 Å². The number of alkyl halides is 6.